The van der Waals surface area contributed by atoms with Crippen molar-refractivity contribution in [2.24, 2.45) is 5.92 Å². The number of rotatable bonds is 5. The Morgan fingerprint density at radius 1 is 1.09 bits per heavy atom. The van der Waals surface area contributed by atoms with Gasteiger partial charge >= 0.3 is 0 Å². The quantitative estimate of drug-likeness (QED) is 0.454. The topological polar surface area (TPSA) is 0 Å². The van der Waals surface area contributed by atoms with Crippen LogP contribution in [0.3, 0.4) is 0 Å². The van der Waals surface area contributed by atoms with Gasteiger partial charge in [-0.3, -0.25) is 0 Å². The maximum Gasteiger partial charge on any atom is 0.123 e. The lowest BCUT2D eigenvalue weighted by atomic mass is 10.1. The van der Waals surface area contributed by atoms with Crippen LogP contribution in [0.4, 0.5) is 4.39 Å². The van der Waals surface area contributed by atoms with E-state index in [1.807, 2.05) is 23.9 Å². The molecular weight excluding hydrogens is 322 g/mol. The van der Waals surface area contributed by atoms with Gasteiger partial charge in [-0.05, 0) is 73.4 Å². The summed E-state index contributed by atoms with van der Waals surface area (Å²) < 4.78 is 12.4. The van der Waals surface area contributed by atoms with Crippen molar-refractivity contribution in [1.29, 1.82) is 0 Å². The van der Waals surface area contributed by atoms with E-state index < -0.39 is 0 Å². The molecule has 124 valence electrons. The van der Waals surface area contributed by atoms with Crippen molar-refractivity contribution in [3.8, 4) is 0 Å². The fourth-order valence-corrected chi connectivity index (χ4v) is 3.63. The van der Waals surface area contributed by atoms with Crippen molar-refractivity contribution in [2.75, 3.05) is 5.49 Å². The summed E-state index contributed by atoms with van der Waals surface area (Å²) in [6.07, 6.45) is 4.99. The molecule has 0 aromatic heterocycles. The van der Waals surface area contributed by atoms with Crippen molar-refractivity contribution < 1.29 is 4.39 Å². The Balaban J connectivity index is 0.000000167. The van der Waals surface area contributed by atoms with Gasteiger partial charge in [-0.2, -0.15) is 0 Å². The molecule has 0 spiro atoms. The SMILES string of the molecule is CCc1ccc(C)c(SCP)c1.Fc1ccc(CC2CC2)cc1. The Kier molecular flexibility index (Phi) is 7.59. The zero-order chi connectivity index (χ0) is 16.7. The van der Waals surface area contributed by atoms with E-state index in [1.165, 1.54) is 46.6 Å². The van der Waals surface area contributed by atoms with Crippen LogP contribution in [0, 0.1) is 18.7 Å². The summed E-state index contributed by atoms with van der Waals surface area (Å²) in [6, 6.07) is 13.6. The third kappa shape index (κ3) is 6.65. The lowest BCUT2D eigenvalue weighted by Crippen LogP contribution is -1.86. The van der Waals surface area contributed by atoms with E-state index in [4.69, 9.17) is 0 Å². The van der Waals surface area contributed by atoms with E-state index in [0.29, 0.717) is 0 Å². The lowest BCUT2D eigenvalue weighted by molar-refractivity contribution is 0.626. The van der Waals surface area contributed by atoms with Gasteiger partial charge in [0.15, 0.2) is 0 Å². The molecule has 1 fully saturated rings. The maximum absolute atomic E-state index is 12.4. The fourth-order valence-electron chi connectivity index (χ4n) is 2.39. The van der Waals surface area contributed by atoms with E-state index >= 15 is 0 Å². The lowest BCUT2D eigenvalue weighted by Gasteiger charge is -2.05. The molecule has 3 rings (SSSR count). The van der Waals surface area contributed by atoms with E-state index in [-0.39, 0.29) is 5.82 Å². The molecule has 0 amide bonds. The summed E-state index contributed by atoms with van der Waals surface area (Å²) in [5.41, 5.74) is 5.17. The molecule has 0 N–H and O–H groups in total. The number of benzene rings is 2. The molecule has 23 heavy (non-hydrogen) atoms. The third-order valence-corrected chi connectivity index (χ3v) is 5.45. The van der Waals surface area contributed by atoms with Gasteiger partial charge in [0, 0.05) is 10.4 Å². The highest BCUT2D eigenvalue weighted by molar-refractivity contribution is 8.02. The van der Waals surface area contributed by atoms with Crippen LogP contribution in [-0.4, -0.2) is 5.49 Å². The molecule has 1 unspecified atom stereocenters. The van der Waals surface area contributed by atoms with Gasteiger partial charge < -0.3 is 0 Å². The highest BCUT2D eigenvalue weighted by Crippen LogP contribution is 2.32. The van der Waals surface area contributed by atoms with Gasteiger partial charge in [0.25, 0.3) is 0 Å². The Hall–Kier alpha value is -0.850. The first-order chi connectivity index (χ1) is 11.1. The monoisotopic (exact) mass is 348 g/mol. The molecule has 0 radical (unpaired) electrons. The van der Waals surface area contributed by atoms with Crippen LogP contribution in [0.15, 0.2) is 47.4 Å². The molecule has 0 nitrogen and oxygen atoms in total. The molecule has 1 aliphatic rings. The predicted molar refractivity (Wildman–Crippen MR) is 104 cm³/mol. The predicted octanol–water partition coefficient (Wildman–Crippen LogP) is 6.26. The normalized spacial score (nSPS) is 13.4. The third-order valence-electron chi connectivity index (χ3n) is 4.03. The number of hydrogen-bond acceptors (Lipinski definition) is 1. The largest absolute Gasteiger partial charge is 0.207 e. The Bertz CT molecular complexity index is 606. The summed E-state index contributed by atoms with van der Waals surface area (Å²) in [7, 11) is 2.74. The highest BCUT2D eigenvalue weighted by Gasteiger charge is 2.21. The van der Waals surface area contributed by atoms with E-state index in [0.717, 1.165) is 24.3 Å². The smallest absolute Gasteiger partial charge is 0.123 e. The molecule has 1 aliphatic carbocycles. The van der Waals surface area contributed by atoms with Crippen LogP contribution in [-0.2, 0) is 12.8 Å². The summed E-state index contributed by atoms with van der Waals surface area (Å²) in [4.78, 5) is 1.42. The summed E-state index contributed by atoms with van der Waals surface area (Å²) in [5.74, 6) is 0.755. The second-order valence-corrected chi connectivity index (χ2v) is 8.10. The van der Waals surface area contributed by atoms with E-state index in [1.54, 1.807) is 0 Å². The van der Waals surface area contributed by atoms with Gasteiger partial charge in [0.1, 0.15) is 5.82 Å². The number of aryl methyl sites for hydroxylation is 2. The van der Waals surface area contributed by atoms with Crippen molar-refractivity contribution in [3.05, 3.63) is 65.0 Å². The van der Waals surface area contributed by atoms with Crippen molar-refractivity contribution in [2.45, 2.75) is 44.4 Å². The minimum Gasteiger partial charge on any atom is -0.207 e. The summed E-state index contributed by atoms with van der Waals surface area (Å²) in [6.45, 7) is 4.36. The van der Waals surface area contributed by atoms with Gasteiger partial charge in [-0.1, -0.05) is 31.2 Å². The van der Waals surface area contributed by atoms with Crippen LogP contribution in [0.5, 0.6) is 0 Å². The fraction of sp³-hybridized carbons (Fsp3) is 0.400. The molecule has 2 aromatic carbocycles. The van der Waals surface area contributed by atoms with Gasteiger partial charge in [0.2, 0.25) is 0 Å². The van der Waals surface area contributed by atoms with Crippen LogP contribution >= 0.6 is 21.0 Å². The second-order valence-electron chi connectivity index (χ2n) is 6.04. The molecule has 0 saturated heterocycles. The van der Waals surface area contributed by atoms with Crippen LogP contribution in [0.25, 0.3) is 0 Å². The molecule has 0 bridgehead atoms. The second kappa shape index (κ2) is 9.45. The Morgan fingerprint density at radius 3 is 2.30 bits per heavy atom. The molecule has 2 aromatic rings. The summed E-state index contributed by atoms with van der Waals surface area (Å²) >= 11 is 1.89. The molecule has 1 atom stereocenters. The van der Waals surface area contributed by atoms with Crippen molar-refractivity contribution >= 4 is 21.0 Å². The minimum atomic E-state index is -0.135. The number of halogens is 1. The average Bonchev–Trinajstić information content (AvgIpc) is 3.37. The minimum absolute atomic E-state index is 0.135. The molecular formula is C20H26FPS. The van der Waals surface area contributed by atoms with Crippen LogP contribution < -0.4 is 0 Å². The first kappa shape index (κ1) is 18.5. The highest BCUT2D eigenvalue weighted by atomic mass is 32.2. The van der Waals surface area contributed by atoms with Gasteiger partial charge in [-0.15, -0.1) is 21.0 Å². The molecule has 0 heterocycles. The standard InChI is InChI=1S/C10H11F.C10H15PS/c11-10-5-3-9(4-6-10)7-8-1-2-8;1-3-9-5-4-8(2)10(6-9)12-7-11/h3-6,8H,1-2,7H2;4-6H,3,7,11H2,1-2H3. The first-order valence-electron chi connectivity index (χ1n) is 8.29. The van der Waals surface area contributed by atoms with E-state index in [9.17, 15) is 4.39 Å². The Labute approximate surface area is 146 Å². The Morgan fingerprint density at radius 2 is 1.74 bits per heavy atom. The van der Waals surface area contributed by atoms with Crippen LogP contribution in [0.1, 0.15) is 36.5 Å². The maximum atomic E-state index is 12.4. The molecule has 0 aliphatic heterocycles. The summed E-state index contributed by atoms with van der Waals surface area (Å²) in [5, 5.41) is 0. The zero-order valence-electron chi connectivity index (χ0n) is 14.0. The first-order valence-corrected chi connectivity index (χ1v) is 10.1. The average molecular weight is 348 g/mol. The molecule has 1 saturated carbocycles. The van der Waals surface area contributed by atoms with E-state index in [2.05, 4.69) is 41.3 Å². The van der Waals surface area contributed by atoms with Crippen LogP contribution in [0.2, 0.25) is 0 Å². The zero-order valence-corrected chi connectivity index (χ0v) is 16.0. The van der Waals surface area contributed by atoms with Gasteiger partial charge in [0.05, 0.1) is 0 Å². The van der Waals surface area contributed by atoms with Crippen molar-refractivity contribution in [3.63, 3.8) is 0 Å². The number of hydrogen-bond donors (Lipinski definition) is 0. The van der Waals surface area contributed by atoms with Gasteiger partial charge in [-0.25, -0.2) is 4.39 Å². The van der Waals surface area contributed by atoms with Crippen molar-refractivity contribution in [1.82, 2.24) is 0 Å². The number of thioether (sulfide) groups is 1. The molecule has 3 heteroatoms.